The molecule has 8 fully saturated rings. The first-order valence-electron chi connectivity index (χ1n) is 30.9. The van der Waals surface area contributed by atoms with Crippen LogP contribution in [0, 0.1) is 22.7 Å². The van der Waals surface area contributed by atoms with E-state index < -0.39 is 182 Å². The monoisotopic (exact) mass is 1220 g/mol. The molecule has 3 saturated carbocycles. The van der Waals surface area contributed by atoms with Gasteiger partial charge in [-0.1, -0.05) is 55.8 Å². The number of rotatable bonds is 18. The van der Waals surface area contributed by atoms with Crippen molar-refractivity contribution in [2.24, 2.45) is 22.7 Å². The number of hydrogen-bond donors (Lipinski definition) is 7. The van der Waals surface area contributed by atoms with Gasteiger partial charge in [0.15, 0.2) is 31.5 Å². The number of esters is 1. The highest BCUT2D eigenvalue weighted by atomic mass is 16.8. The van der Waals surface area contributed by atoms with Crippen LogP contribution in [-0.4, -0.2) is 228 Å². The summed E-state index contributed by atoms with van der Waals surface area (Å²) in [4.78, 5) is 26.9. The van der Waals surface area contributed by atoms with Gasteiger partial charge in [0, 0.05) is 70.3 Å². The fraction of sp³-hybridized carbons (Fsp3) is 0.810. The number of carbonyl (C=O) groups is 2. The molecule has 10 rings (SSSR count). The third-order valence-corrected chi connectivity index (χ3v) is 21.2. The summed E-state index contributed by atoms with van der Waals surface area (Å²) >= 11 is 0. The van der Waals surface area contributed by atoms with Crippen LogP contribution >= 0.6 is 0 Å². The van der Waals surface area contributed by atoms with E-state index in [0.29, 0.717) is 38.5 Å². The maximum Gasteiger partial charge on any atom is 0.331 e. The molecule has 0 unspecified atom stereocenters. The summed E-state index contributed by atoms with van der Waals surface area (Å²) in [7, 11) is 4.71. The average molecular weight is 1220 g/mol. The fourth-order valence-corrected chi connectivity index (χ4v) is 16.4. The molecule has 9 aliphatic rings. The molecule has 0 spiro atoms. The van der Waals surface area contributed by atoms with Gasteiger partial charge in [0.05, 0.1) is 61.5 Å². The summed E-state index contributed by atoms with van der Waals surface area (Å²) in [5.74, 6) is -1.76. The fourth-order valence-electron chi connectivity index (χ4n) is 16.4. The van der Waals surface area contributed by atoms with Crippen molar-refractivity contribution in [3.63, 3.8) is 0 Å². The summed E-state index contributed by atoms with van der Waals surface area (Å²) in [6.45, 7) is 12.1. The number of fused-ring (bicyclic) bond motifs is 5. The van der Waals surface area contributed by atoms with E-state index in [2.05, 4.69) is 13.0 Å². The molecule has 5 heterocycles. The number of ether oxygens (including phenoxy) is 14. The van der Waals surface area contributed by atoms with Crippen LogP contribution in [-0.2, 0) is 75.9 Å². The first-order valence-corrected chi connectivity index (χ1v) is 30.9. The van der Waals surface area contributed by atoms with E-state index in [9.17, 15) is 45.3 Å². The Balaban J connectivity index is 0.712. The maximum atomic E-state index is 13.6. The summed E-state index contributed by atoms with van der Waals surface area (Å²) in [6, 6.07) is 9.42. The molecule has 23 heteroatoms. The normalized spacial score (nSPS) is 48.8. The Morgan fingerprint density at radius 3 is 1.73 bits per heavy atom. The van der Waals surface area contributed by atoms with E-state index in [0.717, 1.165) is 11.1 Å². The smallest absolute Gasteiger partial charge is 0.331 e. The van der Waals surface area contributed by atoms with Gasteiger partial charge in [0.1, 0.15) is 71.9 Å². The standard InChI is InChI=1S/C63H94O23/c1-31(65)39-20-23-63(72)61(39,7)46(82-47(67)17-16-36-14-12-11-13-15-36)29-45-60(6)21-19-38(24-37(60)18-22-62(45,63)71)80-49-26-41(73-8)57(33(3)77-49)85-51-27-42(74-9)56(34(4)78-51)84-48-25-40(66)55(32(2)76-48)83-50-28-43(75-10)58(35(5)79-50)86-59-54(70)53(69)52(68)44(30-64)81-59/h11-18,32-35,38-46,48-59,64,66,68-72H,19-30H2,1-10H3/b17-16+/t32-,33-,34-,35-,38+,39+,40+,41+,42+,43-,44-,45-,46-,48+,49+,50+,51+,52-,53+,54-,55-,56-,57-,58-,59+,60+,61+,62+,63-/m1/s1. The minimum absolute atomic E-state index is 0.0611. The third kappa shape index (κ3) is 12.5. The van der Waals surface area contributed by atoms with Gasteiger partial charge in [-0.25, -0.2) is 4.79 Å². The lowest BCUT2D eigenvalue weighted by atomic mass is 9.43. The molecule has 86 heavy (non-hydrogen) atoms. The molecule has 4 aliphatic carbocycles. The predicted molar refractivity (Wildman–Crippen MR) is 302 cm³/mol. The van der Waals surface area contributed by atoms with Crippen molar-refractivity contribution in [2.45, 2.75) is 272 Å². The van der Waals surface area contributed by atoms with Crippen LogP contribution in [0.4, 0.5) is 0 Å². The van der Waals surface area contributed by atoms with Gasteiger partial charge in [0.2, 0.25) is 0 Å². The second kappa shape index (κ2) is 26.7. The zero-order valence-corrected chi connectivity index (χ0v) is 51.2. The Labute approximate surface area is 503 Å². The number of aliphatic hydroxyl groups is 7. The van der Waals surface area contributed by atoms with Crippen LogP contribution in [0.15, 0.2) is 48.1 Å². The topological polar surface area (TPSA) is 305 Å². The van der Waals surface area contributed by atoms with Crippen LogP contribution in [0.25, 0.3) is 6.08 Å². The lowest BCUT2D eigenvalue weighted by Crippen LogP contribution is -2.75. The number of hydrogen-bond acceptors (Lipinski definition) is 23. The highest BCUT2D eigenvalue weighted by Crippen LogP contribution is 2.70. The van der Waals surface area contributed by atoms with Crippen LogP contribution < -0.4 is 0 Å². The summed E-state index contributed by atoms with van der Waals surface area (Å²) in [6.07, 6.45) is -10.2. The molecule has 1 aromatic rings. The third-order valence-electron chi connectivity index (χ3n) is 21.2. The predicted octanol–water partition coefficient (Wildman–Crippen LogP) is 3.29. The van der Waals surface area contributed by atoms with Crippen molar-refractivity contribution in [2.75, 3.05) is 27.9 Å². The molecular weight excluding hydrogens is 1120 g/mol. The minimum Gasteiger partial charge on any atom is -0.458 e. The average Bonchev–Trinajstić information content (AvgIpc) is 1.30. The quantitative estimate of drug-likeness (QED) is 0.0630. The largest absolute Gasteiger partial charge is 0.458 e. The molecule has 484 valence electrons. The number of ketones is 1. The lowest BCUT2D eigenvalue weighted by Gasteiger charge is -2.66. The minimum atomic E-state index is -1.71. The molecule has 0 radical (unpaired) electrons. The zero-order chi connectivity index (χ0) is 61.8. The summed E-state index contributed by atoms with van der Waals surface area (Å²) < 4.78 is 87.6. The Morgan fingerprint density at radius 2 is 1.19 bits per heavy atom. The molecule has 5 saturated heterocycles. The molecular formula is C63H94O23. The zero-order valence-electron chi connectivity index (χ0n) is 51.2. The Kier molecular flexibility index (Phi) is 20.5. The van der Waals surface area contributed by atoms with E-state index in [1.165, 1.54) is 20.1 Å². The highest BCUT2D eigenvalue weighted by molar-refractivity contribution is 5.87. The Bertz CT molecular complexity index is 2510. The van der Waals surface area contributed by atoms with Gasteiger partial charge >= 0.3 is 5.97 Å². The van der Waals surface area contributed by atoms with Crippen LogP contribution in [0.1, 0.15) is 125 Å². The van der Waals surface area contributed by atoms with Gasteiger partial charge in [-0.3, -0.25) is 4.79 Å². The van der Waals surface area contributed by atoms with Crippen molar-refractivity contribution in [3.05, 3.63) is 53.6 Å². The molecule has 23 nitrogen and oxygen atoms in total. The van der Waals surface area contributed by atoms with Crippen molar-refractivity contribution >= 4 is 17.8 Å². The van der Waals surface area contributed by atoms with Crippen molar-refractivity contribution in [1.29, 1.82) is 0 Å². The first kappa shape index (κ1) is 66.0. The molecule has 5 aliphatic heterocycles. The Morgan fingerprint density at radius 1 is 0.651 bits per heavy atom. The van der Waals surface area contributed by atoms with Crippen LogP contribution in [0.5, 0.6) is 0 Å². The van der Waals surface area contributed by atoms with E-state index in [1.807, 2.05) is 51.1 Å². The van der Waals surface area contributed by atoms with Gasteiger partial charge < -0.3 is 102 Å². The summed E-state index contributed by atoms with van der Waals surface area (Å²) in [5, 5.41) is 78.3. The van der Waals surface area contributed by atoms with E-state index in [4.69, 9.17) is 66.3 Å². The van der Waals surface area contributed by atoms with Gasteiger partial charge in [-0.2, -0.15) is 0 Å². The van der Waals surface area contributed by atoms with E-state index in [-0.39, 0.29) is 44.0 Å². The number of benzene rings is 1. The van der Waals surface area contributed by atoms with Gasteiger partial charge in [-0.05, 0) is 96.6 Å². The number of methoxy groups -OCH3 is 3. The first-order chi connectivity index (χ1) is 40.9. The van der Waals surface area contributed by atoms with Crippen LogP contribution in [0.2, 0.25) is 0 Å². The molecule has 0 amide bonds. The van der Waals surface area contributed by atoms with Gasteiger partial charge in [-0.15, -0.1) is 0 Å². The van der Waals surface area contributed by atoms with Crippen molar-refractivity contribution in [1.82, 2.24) is 0 Å². The van der Waals surface area contributed by atoms with Crippen molar-refractivity contribution in [3.8, 4) is 0 Å². The molecule has 0 bridgehead atoms. The maximum absolute atomic E-state index is 13.6. The second-order valence-electron chi connectivity index (χ2n) is 26.1. The highest BCUT2D eigenvalue weighted by Gasteiger charge is 2.77. The van der Waals surface area contributed by atoms with E-state index in [1.54, 1.807) is 34.1 Å². The SMILES string of the molecule is CO[C@H]1C[C@H](O[C@H]2CC[C@@]3(C)C(=CC[C@]4(O)[C@@H]3C[C@@H](OC(=O)/C=C/c3ccccc3)[C@]3(C)[C@H](C(C)=O)CC[C@@]34O)C2)O[C@H](C)[C@H]1O[C@H]1C[C@H](OC)[C@H](O[C@H]2C[C@H](O)[C@H](O[C@H]3C[C@@H](OC)[C@H](O[C@@H]4O[C@H](CO)[C@@H](O)[C@H](O)[C@H]4O)[C@@H](C)O3)[C@@H](C)O2)[C@@H](C)O1. The van der Waals surface area contributed by atoms with Crippen LogP contribution in [0.3, 0.4) is 0 Å². The molecule has 7 N–H and O–H groups in total. The molecule has 29 atom stereocenters. The van der Waals surface area contributed by atoms with Gasteiger partial charge in [0.25, 0.3) is 0 Å². The lowest BCUT2D eigenvalue weighted by molar-refractivity contribution is -0.358. The van der Waals surface area contributed by atoms with Crippen molar-refractivity contribution < 1.29 is 112 Å². The Hall–Kier alpha value is -2.96. The second-order valence-corrected chi connectivity index (χ2v) is 26.1. The molecule has 1 aromatic carbocycles. The number of carbonyl (C=O) groups excluding carboxylic acids is 2. The summed E-state index contributed by atoms with van der Waals surface area (Å²) in [5.41, 5.74) is -3.13. The molecule has 0 aromatic heterocycles. The number of aliphatic hydroxyl groups excluding tert-OH is 5. The van der Waals surface area contributed by atoms with E-state index >= 15 is 0 Å². The number of Topliss-reactive ketones (excluding diaryl/α,β-unsaturated/α-hetero) is 1.